The molecule has 3 aromatic rings. The number of amides is 1. The molecule has 6 nitrogen and oxygen atoms in total. The number of aromatic amines is 1. The van der Waals surface area contributed by atoms with Crippen LogP contribution in [0.15, 0.2) is 42.6 Å². The van der Waals surface area contributed by atoms with Crippen molar-refractivity contribution in [3.63, 3.8) is 0 Å². The van der Waals surface area contributed by atoms with Crippen molar-refractivity contribution in [3.8, 4) is 5.75 Å². The van der Waals surface area contributed by atoms with E-state index >= 15 is 0 Å². The second-order valence-corrected chi connectivity index (χ2v) is 12.2. The van der Waals surface area contributed by atoms with E-state index in [2.05, 4.69) is 46.2 Å². The van der Waals surface area contributed by atoms with Crippen LogP contribution in [0.4, 0.5) is 8.78 Å². The molecule has 0 bridgehead atoms. The van der Waals surface area contributed by atoms with Gasteiger partial charge in [-0.05, 0) is 74.2 Å². The van der Waals surface area contributed by atoms with Gasteiger partial charge in [0.2, 0.25) is 5.92 Å². The summed E-state index contributed by atoms with van der Waals surface area (Å²) >= 11 is 0. The molecule has 2 aromatic carbocycles. The summed E-state index contributed by atoms with van der Waals surface area (Å²) in [4.78, 5) is 20.7. The van der Waals surface area contributed by atoms with Crippen LogP contribution in [0.3, 0.4) is 0 Å². The van der Waals surface area contributed by atoms with E-state index in [0.717, 1.165) is 59.4 Å². The maximum absolute atomic E-state index is 14.1. The lowest BCUT2D eigenvalue weighted by molar-refractivity contribution is -0.186. The minimum atomic E-state index is -2.55. The number of likely N-dealkylation sites (tertiary alicyclic amines) is 2. The highest BCUT2D eigenvalue weighted by molar-refractivity contribution is 5.94. The first-order valence-corrected chi connectivity index (χ1v) is 14.0. The van der Waals surface area contributed by atoms with Crippen LogP contribution in [-0.2, 0) is 6.54 Å². The fourth-order valence-corrected chi connectivity index (χ4v) is 7.20. The first-order valence-electron chi connectivity index (χ1n) is 14.0. The number of nitrogens with one attached hydrogen (secondary N) is 2. The summed E-state index contributed by atoms with van der Waals surface area (Å²) in [5.41, 5.74) is 4.71. The van der Waals surface area contributed by atoms with Gasteiger partial charge < -0.3 is 19.9 Å². The maximum atomic E-state index is 14.1. The predicted octanol–water partition coefficient (Wildman–Crippen LogP) is 5.53. The standard InChI is InChI=1S/C31H38F2N4O2/c1-20-12-27(39-3)25(24-8-10-34-28(20)24)17-37-11-9-30(18-31(32,33)19-30)13-26(37)22-4-6-23(7-5-22)29(38)35-14-21-15-36(2)16-21/h4-8,10,12,21,26,34H,9,11,13-19H2,1-3H3,(H,35,38)/t26-/m0/s1. The lowest BCUT2D eigenvalue weighted by Crippen LogP contribution is -2.53. The van der Waals surface area contributed by atoms with Gasteiger partial charge in [-0.3, -0.25) is 9.69 Å². The summed E-state index contributed by atoms with van der Waals surface area (Å²) in [6.07, 6.45) is 3.34. The van der Waals surface area contributed by atoms with Gasteiger partial charge in [-0.15, -0.1) is 0 Å². The highest BCUT2D eigenvalue weighted by Crippen LogP contribution is 2.60. The summed E-state index contributed by atoms with van der Waals surface area (Å²) in [6, 6.07) is 11.9. The molecule has 1 amide bonds. The lowest BCUT2D eigenvalue weighted by Gasteiger charge is -2.54. The first kappa shape index (κ1) is 26.3. The van der Waals surface area contributed by atoms with E-state index in [9.17, 15) is 13.6 Å². The Kier molecular flexibility index (Phi) is 6.66. The molecule has 2 saturated heterocycles. The Morgan fingerprint density at radius 3 is 2.59 bits per heavy atom. The zero-order valence-corrected chi connectivity index (χ0v) is 23.0. The van der Waals surface area contributed by atoms with E-state index < -0.39 is 5.92 Å². The minimum absolute atomic E-state index is 0.0162. The number of alkyl halides is 2. The number of carbonyl (C=O) groups is 1. The smallest absolute Gasteiger partial charge is 0.251 e. The highest BCUT2D eigenvalue weighted by atomic mass is 19.3. The van der Waals surface area contributed by atoms with E-state index in [1.54, 1.807) is 7.11 Å². The summed E-state index contributed by atoms with van der Waals surface area (Å²) in [5, 5.41) is 4.19. The Labute approximate surface area is 228 Å². The van der Waals surface area contributed by atoms with Crippen LogP contribution in [0.1, 0.15) is 58.8 Å². The van der Waals surface area contributed by atoms with Gasteiger partial charge in [0.25, 0.3) is 5.91 Å². The highest BCUT2D eigenvalue weighted by Gasteiger charge is 2.58. The van der Waals surface area contributed by atoms with Crippen molar-refractivity contribution in [1.29, 1.82) is 0 Å². The third kappa shape index (κ3) is 5.05. The number of carbonyl (C=O) groups excluding carboxylic acids is 1. The lowest BCUT2D eigenvalue weighted by atomic mass is 9.59. The molecule has 2 N–H and O–H groups in total. The van der Waals surface area contributed by atoms with Crippen LogP contribution in [0.2, 0.25) is 0 Å². The zero-order chi connectivity index (χ0) is 27.4. The Hall–Kier alpha value is -2.97. The molecule has 6 rings (SSSR count). The molecular weight excluding hydrogens is 498 g/mol. The van der Waals surface area contributed by atoms with E-state index in [4.69, 9.17) is 4.74 Å². The Morgan fingerprint density at radius 1 is 1.18 bits per heavy atom. The SMILES string of the molecule is COc1cc(C)c2[nH]ccc2c1CN1CCC2(C[C@H]1c1ccc(C(=O)NCC3CN(C)C3)cc1)CC(F)(F)C2. The molecule has 3 heterocycles. The second kappa shape index (κ2) is 9.89. The van der Waals surface area contributed by atoms with Crippen LogP contribution >= 0.6 is 0 Å². The number of nitrogens with zero attached hydrogens (tertiary/aromatic N) is 2. The molecule has 0 unspecified atom stereocenters. The van der Waals surface area contributed by atoms with E-state index in [-0.39, 0.29) is 30.2 Å². The van der Waals surface area contributed by atoms with Crippen molar-refractivity contribution >= 4 is 16.8 Å². The third-order valence-electron chi connectivity index (χ3n) is 9.21. The van der Waals surface area contributed by atoms with E-state index in [1.807, 2.05) is 30.5 Å². The Bertz CT molecular complexity index is 1350. The van der Waals surface area contributed by atoms with Crippen molar-refractivity contribution < 1.29 is 18.3 Å². The number of ether oxygens (including phenoxy) is 1. The number of piperidine rings is 1. The van der Waals surface area contributed by atoms with Crippen LogP contribution in [-0.4, -0.2) is 67.0 Å². The molecule has 39 heavy (non-hydrogen) atoms. The van der Waals surface area contributed by atoms with Gasteiger partial charge in [0.15, 0.2) is 0 Å². The Balaban J connectivity index is 1.25. The molecule has 1 saturated carbocycles. The molecule has 2 aliphatic heterocycles. The van der Waals surface area contributed by atoms with Crippen molar-refractivity contribution in [2.24, 2.45) is 11.3 Å². The fourth-order valence-electron chi connectivity index (χ4n) is 7.20. The molecule has 1 aromatic heterocycles. The fraction of sp³-hybridized carbons (Fsp3) is 0.516. The van der Waals surface area contributed by atoms with Crippen molar-refractivity contribution in [2.45, 2.75) is 51.1 Å². The summed E-state index contributed by atoms with van der Waals surface area (Å²) in [6.45, 7) is 6.17. The molecule has 1 spiro atoms. The molecular formula is C31H38F2N4O2. The molecule has 3 fully saturated rings. The average molecular weight is 537 g/mol. The van der Waals surface area contributed by atoms with Crippen molar-refractivity contribution in [2.75, 3.05) is 40.3 Å². The van der Waals surface area contributed by atoms with Gasteiger partial charge in [-0.2, -0.15) is 0 Å². The average Bonchev–Trinajstić information content (AvgIpc) is 3.38. The number of aromatic nitrogens is 1. The zero-order valence-electron chi connectivity index (χ0n) is 23.0. The van der Waals surface area contributed by atoms with Gasteiger partial charge in [0, 0.05) is 79.2 Å². The monoisotopic (exact) mass is 536 g/mol. The molecule has 0 radical (unpaired) electrons. The third-order valence-corrected chi connectivity index (χ3v) is 9.21. The van der Waals surface area contributed by atoms with Crippen molar-refractivity contribution in [1.82, 2.24) is 20.1 Å². The predicted molar refractivity (Wildman–Crippen MR) is 148 cm³/mol. The minimum Gasteiger partial charge on any atom is -0.496 e. The largest absolute Gasteiger partial charge is 0.496 e. The molecule has 1 aliphatic carbocycles. The molecule has 3 aliphatic rings. The number of methoxy groups -OCH3 is 1. The second-order valence-electron chi connectivity index (χ2n) is 12.2. The molecule has 8 heteroatoms. The van der Waals surface area contributed by atoms with Gasteiger partial charge in [0.05, 0.1) is 7.11 Å². The molecule has 1 atom stereocenters. The van der Waals surface area contributed by atoms with E-state index in [0.29, 0.717) is 31.0 Å². The van der Waals surface area contributed by atoms with Crippen LogP contribution in [0.25, 0.3) is 10.9 Å². The number of halogens is 2. The number of hydrogen-bond donors (Lipinski definition) is 2. The van der Waals surface area contributed by atoms with Gasteiger partial charge in [-0.1, -0.05) is 12.1 Å². The van der Waals surface area contributed by atoms with Crippen LogP contribution < -0.4 is 10.1 Å². The number of H-pyrrole nitrogens is 1. The topological polar surface area (TPSA) is 60.6 Å². The number of hydrogen-bond acceptors (Lipinski definition) is 4. The van der Waals surface area contributed by atoms with Gasteiger partial charge in [0.1, 0.15) is 5.75 Å². The quantitative estimate of drug-likeness (QED) is 0.417. The summed E-state index contributed by atoms with van der Waals surface area (Å²) in [7, 11) is 3.78. The van der Waals surface area contributed by atoms with Gasteiger partial charge in [-0.25, -0.2) is 8.78 Å². The van der Waals surface area contributed by atoms with Crippen LogP contribution in [0.5, 0.6) is 5.75 Å². The van der Waals surface area contributed by atoms with E-state index in [1.165, 1.54) is 0 Å². The number of fused-ring (bicyclic) bond motifs is 1. The number of aryl methyl sites for hydroxylation is 1. The summed E-state index contributed by atoms with van der Waals surface area (Å²) < 4.78 is 33.9. The Morgan fingerprint density at radius 2 is 1.92 bits per heavy atom. The number of rotatable bonds is 7. The first-order chi connectivity index (χ1) is 18.7. The van der Waals surface area contributed by atoms with Crippen molar-refractivity contribution in [3.05, 3.63) is 64.8 Å². The molecule has 208 valence electrons. The normalized spacial score (nSPS) is 22.9. The van der Waals surface area contributed by atoms with Gasteiger partial charge >= 0.3 is 0 Å². The van der Waals surface area contributed by atoms with Crippen LogP contribution in [0, 0.1) is 18.3 Å². The summed E-state index contributed by atoms with van der Waals surface area (Å²) in [5.74, 6) is -1.26. The number of benzene rings is 2. The maximum Gasteiger partial charge on any atom is 0.251 e.